The molecule has 1 amide bonds. The Balaban J connectivity index is 1.65. The van der Waals surface area contributed by atoms with Gasteiger partial charge in [-0.2, -0.15) is 0 Å². The predicted octanol–water partition coefficient (Wildman–Crippen LogP) is 1.02. The normalized spacial score (nSPS) is 15.0. The molecule has 0 radical (unpaired) electrons. The molecular weight excluding hydrogens is 280 g/mol. The molecule has 0 bridgehead atoms. The molecule has 1 saturated carbocycles. The van der Waals surface area contributed by atoms with Gasteiger partial charge in [0.1, 0.15) is 12.3 Å². The average molecular weight is 304 g/mol. The number of methoxy groups -OCH3 is 1. The highest BCUT2D eigenvalue weighted by atomic mass is 16.5. The van der Waals surface area contributed by atoms with Crippen molar-refractivity contribution in [3.05, 3.63) is 29.8 Å². The van der Waals surface area contributed by atoms with Gasteiger partial charge in [0.25, 0.3) is 0 Å². The molecule has 1 fully saturated rings. The smallest absolute Gasteiger partial charge is 0.242 e. The summed E-state index contributed by atoms with van der Waals surface area (Å²) < 4.78 is 5.09. The van der Waals surface area contributed by atoms with Gasteiger partial charge in [0.15, 0.2) is 5.96 Å². The van der Waals surface area contributed by atoms with Gasteiger partial charge in [-0.3, -0.25) is 4.79 Å². The molecule has 4 N–H and O–H groups in total. The lowest BCUT2D eigenvalue weighted by Gasteiger charge is -2.25. The van der Waals surface area contributed by atoms with Crippen LogP contribution in [0, 0.1) is 5.92 Å². The zero-order chi connectivity index (χ0) is 15.8. The number of benzene rings is 1. The Labute approximate surface area is 131 Å². The highest BCUT2D eigenvalue weighted by Crippen LogP contribution is 2.24. The zero-order valence-electron chi connectivity index (χ0n) is 13.0. The number of nitrogens with two attached hydrogens (primary N) is 1. The van der Waals surface area contributed by atoms with Gasteiger partial charge in [-0.1, -0.05) is 18.6 Å². The number of rotatable bonds is 7. The second kappa shape index (κ2) is 8.26. The molecule has 1 aromatic rings. The third-order valence-corrected chi connectivity index (χ3v) is 3.84. The number of nitrogens with one attached hydrogen (secondary N) is 2. The minimum Gasteiger partial charge on any atom is -0.497 e. The molecular formula is C16H24N4O2. The number of nitrogens with zero attached hydrogens (tertiary/aromatic N) is 1. The summed E-state index contributed by atoms with van der Waals surface area (Å²) in [6, 6.07) is 7.55. The minimum atomic E-state index is -0.149. The molecule has 0 heterocycles. The maximum atomic E-state index is 11.7. The van der Waals surface area contributed by atoms with E-state index >= 15 is 0 Å². The van der Waals surface area contributed by atoms with Crippen LogP contribution in [0.5, 0.6) is 5.75 Å². The molecule has 0 aromatic heterocycles. The van der Waals surface area contributed by atoms with Gasteiger partial charge in [0.05, 0.1) is 7.11 Å². The van der Waals surface area contributed by atoms with Gasteiger partial charge in [0, 0.05) is 13.1 Å². The van der Waals surface area contributed by atoms with E-state index in [1.165, 1.54) is 19.3 Å². The Bertz CT molecular complexity index is 509. The number of amides is 1. The van der Waals surface area contributed by atoms with E-state index in [2.05, 4.69) is 15.6 Å². The fourth-order valence-electron chi connectivity index (χ4n) is 2.16. The molecule has 6 nitrogen and oxygen atoms in total. The monoisotopic (exact) mass is 304 g/mol. The van der Waals surface area contributed by atoms with Crippen molar-refractivity contribution in [2.75, 3.05) is 20.2 Å². The SMILES string of the molecule is COc1ccc(CNC(=O)CN=C(N)NCC2CCC2)cc1. The Hall–Kier alpha value is -2.24. The van der Waals surface area contributed by atoms with Crippen LogP contribution in [0.3, 0.4) is 0 Å². The second-order valence-electron chi connectivity index (χ2n) is 5.50. The Morgan fingerprint density at radius 1 is 1.32 bits per heavy atom. The predicted molar refractivity (Wildman–Crippen MR) is 86.7 cm³/mol. The zero-order valence-corrected chi connectivity index (χ0v) is 13.0. The van der Waals surface area contributed by atoms with E-state index in [1.54, 1.807) is 7.11 Å². The van der Waals surface area contributed by atoms with Crippen LogP contribution in [-0.4, -0.2) is 32.1 Å². The summed E-state index contributed by atoms with van der Waals surface area (Å²) in [6.07, 6.45) is 3.81. The van der Waals surface area contributed by atoms with Crippen molar-refractivity contribution in [2.45, 2.75) is 25.8 Å². The first-order chi connectivity index (χ1) is 10.7. The Morgan fingerprint density at radius 2 is 2.05 bits per heavy atom. The van der Waals surface area contributed by atoms with Crippen LogP contribution in [-0.2, 0) is 11.3 Å². The number of carbonyl (C=O) groups excluding carboxylic acids is 1. The standard InChI is InChI=1S/C16H24N4O2/c1-22-14-7-5-13(6-8-14)9-18-15(21)11-20-16(17)19-10-12-3-2-4-12/h5-8,12H,2-4,9-11H2,1H3,(H,18,21)(H3,17,19,20). The van der Waals surface area contributed by atoms with Crippen molar-refractivity contribution in [3.63, 3.8) is 0 Å². The highest BCUT2D eigenvalue weighted by Gasteiger charge is 2.16. The number of carbonyl (C=O) groups is 1. The van der Waals surface area contributed by atoms with Crippen LogP contribution in [0.1, 0.15) is 24.8 Å². The first-order valence-electron chi connectivity index (χ1n) is 7.61. The van der Waals surface area contributed by atoms with E-state index in [0.717, 1.165) is 17.9 Å². The van der Waals surface area contributed by atoms with Gasteiger partial charge >= 0.3 is 0 Å². The van der Waals surface area contributed by atoms with Crippen LogP contribution >= 0.6 is 0 Å². The van der Waals surface area contributed by atoms with Crippen LogP contribution in [0.15, 0.2) is 29.3 Å². The second-order valence-corrected chi connectivity index (χ2v) is 5.50. The lowest BCUT2D eigenvalue weighted by molar-refractivity contribution is -0.119. The Kier molecular flexibility index (Phi) is 6.06. The van der Waals surface area contributed by atoms with Crippen molar-refractivity contribution in [2.24, 2.45) is 16.6 Å². The van der Waals surface area contributed by atoms with Crippen LogP contribution < -0.4 is 21.1 Å². The molecule has 1 aliphatic rings. The highest BCUT2D eigenvalue weighted by molar-refractivity contribution is 5.83. The number of hydrogen-bond acceptors (Lipinski definition) is 3. The summed E-state index contributed by atoms with van der Waals surface area (Å²) >= 11 is 0. The third kappa shape index (κ3) is 5.27. The quantitative estimate of drug-likeness (QED) is 0.518. The van der Waals surface area contributed by atoms with Gasteiger partial charge in [-0.05, 0) is 36.5 Å². The van der Waals surface area contributed by atoms with Crippen molar-refractivity contribution in [1.82, 2.24) is 10.6 Å². The van der Waals surface area contributed by atoms with E-state index in [0.29, 0.717) is 18.4 Å². The third-order valence-electron chi connectivity index (χ3n) is 3.84. The summed E-state index contributed by atoms with van der Waals surface area (Å²) in [4.78, 5) is 15.8. The average Bonchev–Trinajstić information content (AvgIpc) is 2.50. The summed E-state index contributed by atoms with van der Waals surface area (Å²) in [6.45, 7) is 1.36. The van der Waals surface area contributed by atoms with Gasteiger partial charge in [-0.15, -0.1) is 0 Å². The number of hydrogen-bond donors (Lipinski definition) is 3. The molecule has 0 aliphatic heterocycles. The van der Waals surface area contributed by atoms with Crippen molar-refractivity contribution < 1.29 is 9.53 Å². The molecule has 1 aliphatic carbocycles. The molecule has 0 unspecified atom stereocenters. The molecule has 6 heteroatoms. The molecule has 2 rings (SSSR count). The lowest BCUT2D eigenvalue weighted by Crippen LogP contribution is -2.38. The van der Waals surface area contributed by atoms with E-state index in [4.69, 9.17) is 10.5 Å². The summed E-state index contributed by atoms with van der Waals surface area (Å²) in [7, 11) is 1.62. The van der Waals surface area contributed by atoms with E-state index in [9.17, 15) is 4.79 Å². The Morgan fingerprint density at radius 3 is 2.64 bits per heavy atom. The molecule has 0 saturated heterocycles. The van der Waals surface area contributed by atoms with Crippen molar-refractivity contribution in [1.29, 1.82) is 0 Å². The van der Waals surface area contributed by atoms with Crippen LogP contribution in [0.4, 0.5) is 0 Å². The summed E-state index contributed by atoms with van der Waals surface area (Å²) in [5.74, 6) is 1.69. The number of guanidine groups is 1. The largest absolute Gasteiger partial charge is 0.497 e. The van der Waals surface area contributed by atoms with E-state index < -0.39 is 0 Å². The first kappa shape index (κ1) is 16.1. The fraction of sp³-hybridized carbons (Fsp3) is 0.500. The molecule has 120 valence electrons. The van der Waals surface area contributed by atoms with Crippen LogP contribution in [0.25, 0.3) is 0 Å². The molecule has 22 heavy (non-hydrogen) atoms. The molecule has 0 atom stereocenters. The van der Waals surface area contributed by atoms with Crippen LogP contribution in [0.2, 0.25) is 0 Å². The van der Waals surface area contributed by atoms with Gasteiger partial charge in [0.2, 0.25) is 5.91 Å². The fourth-order valence-corrected chi connectivity index (χ4v) is 2.16. The number of aliphatic imine (C=N–C) groups is 1. The minimum absolute atomic E-state index is 0.0413. The van der Waals surface area contributed by atoms with E-state index in [1.807, 2.05) is 24.3 Å². The van der Waals surface area contributed by atoms with E-state index in [-0.39, 0.29) is 12.5 Å². The molecule has 0 spiro atoms. The van der Waals surface area contributed by atoms with Gasteiger partial charge < -0.3 is 21.1 Å². The van der Waals surface area contributed by atoms with Gasteiger partial charge in [-0.25, -0.2) is 4.99 Å². The maximum absolute atomic E-state index is 11.7. The lowest BCUT2D eigenvalue weighted by atomic mass is 9.85. The number of ether oxygens (including phenoxy) is 1. The first-order valence-corrected chi connectivity index (χ1v) is 7.61. The summed E-state index contributed by atoms with van der Waals surface area (Å²) in [5.41, 5.74) is 6.74. The molecule has 1 aromatic carbocycles. The topological polar surface area (TPSA) is 88.7 Å². The van der Waals surface area contributed by atoms with Crippen molar-refractivity contribution in [3.8, 4) is 5.75 Å². The van der Waals surface area contributed by atoms with Crippen molar-refractivity contribution >= 4 is 11.9 Å². The summed E-state index contributed by atoms with van der Waals surface area (Å²) in [5, 5.41) is 5.87. The maximum Gasteiger partial charge on any atom is 0.242 e.